The first-order chi connectivity index (χ1) is 10.3. The zero-order valence-electron chi connectivity index (χ0n) is 12.9. The number of rotatable bonds is 4. The molecular weight excluding hydrogens is 288 g/mol. The third-order valence-corrected chi connectivity index (χ3v) is 4.14. The number of aliphatic hydroxyl groups is 1. The Bertz CT molecular complexity index is 592. The topological polar surface area (TPSA) is 40.5 Å². The average Bonchev–Trinajstić information content (AvgIpc) is 2.84. The summed E-state index contributed by atoms with van der Waals surface area (Å²) in [5, 5.41) is 10.3. The fraction of sp³-hybridized carbons (Fsp3) is 0.471. The number of hydrogen-bond donors (Lipinski definition) is 1. The van der Waals surface area contributed by atoms with Gasteiger partial charge >= 0.3 is 0 Å². The van der Waals surface area contributed by atoms with E-state index in [4.69, 9.17) is 0 Å². The number of benzene rings is 1. The average molecular weight is 309 g/mol. The molecule has 0 bridgehead atoms. The van der Waals surface area contributed by atoms with Crippen molar-refractivity contribution in [3.8, 4) is 0 Å². The Balaban J connectivity index is 2.08. The van der Waals surface area contributed by atoms with Crippen LogP contribution in [0.2, 0.25) is 0 Å². The van der Waals surface area contributed by atoms with E-state index in [1.807, 2.05) is 0 Å². The van der Waals surface area contributed by atoms with Crippen LogP contribution in [0.25, 0.3) is 5.57 Å². The maximum atomic E-state index is 13.7. The van der Waals surface area contributed by atoms with E-state index in [1.54, 1.807) is 14.0 Å². The molecule has 0 heterocycles. The molecule has 2 rings (SSSR count). The number of likely N-dealkylation sites (N-methyl/N-ethyl adjacent to an activating group) is 1. The molecular formula is C17H21F2NO2. The van der Waals surface area contributed by atoms with Gasteiger partial charge in [-0.05, 0) is 37.5 Å². The molecule has 0 spiro atoms. The van der Waals surface area contributed by atoms with E-state index in [0.717, 1.165) is 25.0 Å². The van der Waals surface area contributed by atoms with E-state index in [0.29, 0.717) is 18.4 Å². The zero-order valence-corrected chi connectivity index (χ0v) is 12.9. The van der Waals surface area contributed by atoms with Crippen molar-refractivity contribution in [3.05, 3.63) is 41.5 Å². The van der Waals surface area contributed by atoms with Crippen LogP contribution in [0.4, 0.5) is 8.78 Å². The Hall–Kier alpha value is -1.75. The van der Waals surface area contributed by atoms with Crippen LogP contribution >= 0.6 is 0 Å². The van der Waals surface area contributed by atoms with E-state index in [1.165, 1.54) is 17.0 Å². The molecule has 0 radical (unpaired) electrons. The van der Waals surface area contributed by atoms with Crippen LogP contribution in [0.3, 0.4) is 0 Å². The van der Waals surface area contributed by atoms with Gasteiger partial charge in [0.15, 0.2) is 0 Å². The van der Waals surface area contributed by atoms with Gasteiger partial charge in [-0.2, -0.15) is 0 Å². The number of carbonyl (C=O) groups excluding carboxylic acids is 1. The predicted molar refractivity (Wildman–Crippen MR) is 81.1 cm³/mol. The second-order valence-electron chi connectivity index (χ2n) is 6.08. The van der Waals surface area contributed by atoms with Crippen molar-refractivity contribution in [2.75, 3.05) is 13.6 Å². The fourth-order valence-corrected chi connectivity index (χ4v) is 2.89. The molecule has 0 aliphatic heterocycles. The van der Waals surface area contributed by atoms with Crippen LogP contribution in [-0.4, -0.2) is 35.1 Å². The predicted octanol–water partition coefficient (Wildman–Crippen LogP) is 3.13. The van der Waals surface area contributed by atoms with Crippen LogP contribution < -0.4 is 0 Å². The number of hydrogen-bond acceptors (Lipinski definition) is 2. The Labute approximate surface area is 129 Å². The molecule has 1 N–H and O–H groups in total. The minimum absolute atomic E-state index is 0.197. The lowest BCUT2D eigenvalue weighted by Gasteiger charge is -2.28. The van der Waals surface area contributed by atoms with Crippen molar-refractivity contribution in [1.29, 1.82) is 0 Å². The normalized spacial score (nSPS) is 17.6. The summed E-state index contributed by atoms with van der Waals surface area (Å²) in [6.07, 6.45) is 4.64. The van der Waals surface area contributed by atoms with Gasteiger partial charge in [-0.15, -0.1) is 0 Å². The quantitative estimate of drug-likeness (QED) is 0.868. The minimum Gasteiger partial charge on any atom is -0.388 e. The van der Waals surface area contributed by atoms with Gasteiger partial charge in [0.25, 0.3) is 0 Å². The first kappa shape index (κ1) is 16.6. The number of halogens is 2. The smallest absolute Gasteiger partial charge is 0.246 e. The molecule has 1 aliphatic rings. The maximum Gasteiger partial charge on any atom is 0.246 e. The standard InChI is InChI=1S/C17H21F2NO2/c1-12(14-6-5-13(18)10-15(14)19)9-16(21)20(2)11-17(22)7-3-4-8-17/h5-6,9-10,22H,3-4,7-8,11H2,1-2H3/b12-9-. The summed E-state index contributed by atoms with van der Waals surface area (Å²) in [7, 11) is 1.61. The molecule has 0 unspecified atom stereocenters. The van der Waals surface area contributed by atoms with Crippen molar-refractivity contribution in [2.24, 2.45) is 0 Å². The highest BCUT2D eigenvalue weighted by atomic mass is 19.1. The van der Waals surface area contributed by atoms with Crippen molar-refractivity contribution >= 4 is 11.5 Å². The molecule has 5 heteroatoms. The van der Waals surface area contributed by atoms with Gasteiger partial charge in [0.2, 0.25) is 5.91 Å². The van der Waals surface area contributed by atoms with E-state index in [2.05, 4.69) is 0 Å². The van der Waals surface area contributed by atoms with Gasteiger partial charge in [-0.1, -0.05) is 12.8 Å². The molecule has 1 aromatic rings. The largest absolute Gasteiger partial charge is 0.388 e. The second-order valence-corrected chi connectivity index (χ2v) is 6.08. The van der Waals surface area contributed by atoms with Crippen molar-refractivity contribution in [1.82, 2.24) is 4.90 Å². The number of nitrogens with zero attached hydrogens (tertiary/aromatic N) is 1. The molecule has 1 saturated carbocycles. The molecule has 0 saturated heterocycles. The lowest BCUT2D eigenvalue weighted by Crippen LogP contribution is -2.41. The second kappa shape index (κ2) is 6.57. The van der Waals surface area contributed by atoms with Crippen LogP contribution in [0.5, 0.6) is 0 Å². The molecule has 1 amide bonds. The molecule has 1 aliphatic carbocycles. The van der Waals surface area contributed by atoms with Crippen LogP contribution in [0, 0.1) is 11.6 Å². The summed E-state index contributed by atoms with van der Waals surface area (Å²) in [6, 6.07) is 3.27. The van der Waals surface area contributed by atoms with Gasteiger partial charge in [-0.3, -0.25) is 4.79 Å². The summed E-state index contributed by atoms with van der Waals surface area (Å²) in [5.41, 5.74) is -0.191. The molecule has 120 valence electrons. The van der Waals surface area contributed by atoms with E-state index in [-0.39, 0.29) is 18.0 Å². The summed E-state index contributed by atoms with van der Waals surface area (Å²) in [4.78, 5) is 13.6. The van der Waals surface area contributed by atoms with Gasteiger partial charge < -0.3 is 10.0 Å². The third-order valence-electron chi connectivity index (χ3n) is 4.14. The number of allylic oxidation sites excluding steroid dienone is 1. The first-order valence-electron chi connectivity index (χ1n) is 7.42. The first-order valence-corrected chi connectivity index (χ1v) is 7.42. The number of amides is 1. The number of carbonyl (C=O) groups is 1. The lowest BCUT2D eigenvalue weighted by molar-refractivity contribution is -0.127. The molecule has 0 aromatic heterocycles. The van der Waals surface area contributed by atoms with Crippen molar-refractivity contribution in [3.63, 3.8) is 0 Å². The Morgan fingerprint density at radius 2 is 2.00 bits per heavy atom. The van der Waals surface area contributed by atoms with E-state index >= 15 is 0 Å². The van der Waals surface area contributed by atoms with Crippen LogP contribution in [0.15, 0.2) is 24.3 Å². The van der Waals surface area contributed by atoms with Crippen LogP contribution in [-0.2, 0) is 4.79 Å². The zero-order chi connectivity index (χ0) is 16.3. The molecule has 22 heavy (non-hydrogen) atoms. The van der Waals surface area contributed by atoms with Crippen molar-refractivity contribution in [2.45, 2.75) is 38.2 Å². The molecule has 1 fully saturated rings. The third kappa shape index (κ3) is 3.91. The molecule has 1 aromatic carbocycles. The lowest BCUT2D eigenvalue weighted by atomic mass is 10.0. The van der Waals surface area contributed by atoms with Crippen molar-refractivity contribution < 1.29 is 18.7 Å². The Morgan fingerprint density at radius 1 is 1.36 bits per heavy atom. The monoisotopic (exact) mass is 309 g/mol. The van der Waals surface area contributed by atoms with Crippen LogP contribution in [0.1, 0.15) is 38.2 Å². The highest BCUT2D eigenvalue weighted by molar-refractivity contribution is 5.94. The molecule has 0 atom stereocenters. The molecule has 3 nitrogen and oxygen atoms in total. The minimum atomic E-state index is -0.812. The highest BCUT2D eigenvalue weighted by Crippen LogP contribution is 2.30. The SMILES string of the molecule is C/C(=C/C(=O)N(C)CC1(O)CCCC1)c1ccc(F)cc1F. The van der Waals surface area contributed by atoms with E-state index in [9.17, 15) is 18.7 Å². The summed E-state index contributed by atoms with van der Waals surface area (Å²) >= 11 is 0. The highest BCUT2D eigenvalue weighted by Gasteiger charge is 2.33. The van der Waals surface area contributed by atoms with Gasteiger partial charge in [0.1, 0.15) is 11.6 Å². The van der Waals surface area contributed by atoms with Gasteiger partial charge in [-0.25, -0.2) is 8.78 Å². The van der Waals surface area contributed by atoms with Gasteiger partial charge in [0.05, 0.1) is 5.60 Å². The fourth-order valence-electron chi connectivity index (χ4n) is 2.89. The van der Waals surface area contributed by atoms with Gasteiger partial charge in [0, 0.05) is 31.3 Å². The summed E-state index contributed by atoms with van der Waals surface area (Å²) < 4.78 is 26.6. The Morgan fingerprint density at radius 3 is 2.59 bits per heavy atom. The summed E-state index contributed by atoms with van der Waals surface area (Å²) in [5.74, 6) is -1.65. The van der Waals surface area contributed by atoms with E-state index < -0.39 is 17.2 Å². The summed E-state index contributed by atoms with van der Waals surface area (Å²) in [6.45, 7) is 1.87. The Kier molecular flexibility index (Phi) is 4.96. The maximum absolute atomic E-state index is 13.7.